The zero-order valence-corrected chi connectivity index (χ0v) is 27.8. The van der Waals surface area contributed by atoms with Gasteiger partial charge in [-0.05, 0) is 50.6 Å². The molecular weight excluding hydrogens is 534 g/mol. The van der Waals surface area contributed by atoms with Gasteiger partial charge in [0.1, 0.15) is 24.2 Å². The third-order valence-electron chi connectivity index (χ3n) is 7.76. The summed E-state index contributed by atoms with van der Waals surface area (Å²) in [6.07, 6.45) is 0.672. The summed E-state index contributed by atoms with van der Waals surface area (Å²) in [5.74, 6) is -2.12. The number of benzene rings is 1. The lowest BCUT2D eigenvalue weighted by atomic mass is 9.93. The van der Waals surface area contributed by atoms with E-state index >= 15 is 0 Å². The van der Waals surface area contributed by atoms with Gasteiger partial charge < -0.3 is 30.4 Å². The summed E-state index contributed by atoms with van der Waals surface area (Å²) in [5, 5.41) is 16.3. The maximum absolute atomic E-state index is 14.0. The van der Waals surface area contributed by atoms with Gasteiger partial charge in [-0.3, -0.25) is 19.2 Å². The molecule has 238 valence electrons. The smallest absolute Gasteiger partial charge is 0.246 e. The molecule has 1 aromatic carbocycles. The van der Waals surface area contributed by atoms with Gasteiger partial charge in [0.25, 0.3) is 0 Å². The molecule has 0 aliphatic carbocycles. The summed E-state index contributed by atoms with van der Waals surface area (Å²) in [7, 11) is 6.30. The highest BCUT2D eigenvalue weighted by molar-refractivity contribution is 5.95. The van der Waals surface area contributed by atoms with Gasteiger partial charge >= 0.3 is 0 Å². The third kappa shape index (κ3) is 9.52. The quantitative estimate of drug-likeness (QED) is 0.288. The molecule has 10 nitrogen and oxygen atoms in total. The van der Waals surface area contributed by atoms with Crippen LogP contribution >= 0.6 is 0 Å². The van der Waals surface area contributed by atoms with Gasteiger partial charge in [0.15, 0.2) is 0 Å². The Morgan fingerprint density at radius 3 is 1.52 bits per heavy atom. The molecule has 0 aliphatic rings. The topological polar surface area (TPSA) is 122 Å². The van der Waals surface area contributed by atoms with Crippen molar-refractivity contribution in [3.63, 3.8) is 0 Å². The van der Waals surface area contributed by atoms with Crippen LogP contribution in [0.1, 0.15) is 61.0 Å². The SMILES string of the molecule is CN[C@H](C(=O)N(C)[C@H](C(=O)N(C)[C@H](C(=O)N(C)[C@H](C(=O)NCCc1ccccc1)C(C)C)C(C)C)C(C)C)C(C)(C)O. The van der Waals surface area contributed by atoms with E-state index in [-0.39, 0.29) is 35.5 Å². The number of nitrogens with one attached hydrogen (secondary N) is 2. The van der Waals surface area contributed by atoms with Gasteiger partial charge in [0.05, 0.1) is 5.60 Å². The lowest BCUT2D eigenvalue weighted by Crippen LogP contribution is -2.63. The first-order valence-electron chi connectivity index (χ1n) is 14.9. The van der Waals surface area contributed by atoms with Gasteiger partial charge in [0, 0.05) is 27.7 Å². The number of rotatable bonds is 15. The number of hydrogen-bond acceptors (Lipinski definition) is 6. The first-order chi connectivity index (χ1) is 19.4. The molecule has 0 heterocycles. The first-order valence-corrected chi connectivity index (χ1v) is 14.9. The average Bonchev–Trinajstić information content (AvgIpc) is 2.88. The monoisotopic (exact) mass is 589 g/mol. The molecule has 0 radical (unpaired) electrons. The summed E-state index contributed by atoms with van der Waals surface area (Å²) in [6.45, 7) is 14.7. The van der Waals surface area contributed by atoms with Crippen molar-refractivity contribution in [1.82, 2.24) is 25.3 Å². The van der Waals surface area contributed by atoms with Gasteiger partial charge in [-0.25, -0.2) is 0 Å². The Morgan fingerprint density at radius 1 is 0.738 bits per heavy atom. The molecule has 0 fully saturated rings. The van der Waals surface area contributed by atoms with E-state index < -0.39 is 35.7 Å². The molecule has 4 atom stereocenters. The molecule has 0 bridgehead atoms. The van der Waals surface area contributed by atoms with E-state index in [2.05, 4.69) is 10.6 Å². The normalized spacial score (nSPS) is 14.8. The molecule has 1 aromatic rings. The Morgan fingerprint density at radius 2 is 1.14 bits per heavy atom. The Bertz CT molecular complexity index is 1040. The van der Waals surface area contributed by atoms with E-state index in [1.165, 1.54) is 28.5 Å². The lowest BCUT2D eigenvalue weighted by molar-refractivity contribution is -0.156. The number of hydrogen-bond donors (Lipinski definition) is 3. The van der Waals surface area contributed by atoms with Crippen LogP contribution in [0.5, 0.6) is 0 Å². The van der Waals surface area contributed by atoms with Crippen LogP contribution in [-0.2, 0) is 25.6 Å². The Hall–Kier alpha value is -2.98. The summed E-state index contributed by atoms with van der Waals surface area (Å²) in [4.78, 5) is 58.8. The van der Waals surface area contributed by atoms with Crippen LogP contribution in [-0.4, -0.2) is 108 Å². The van der Waals surface area contributed by atoms with E-state index in [4.69, 9.17) is 0 Å². The van der Waals surface area contributed by atoms with E-state index in [1.54, 1.807) is 28.2 Å². The molecule has 0 unspecified atom stereocenters. The van der Waals surface area contributed by atoms with Crippen LogP contribution in [0, 0.1) is 17.8 Å². The molecule has 3 N–H and O–H groups in total. The Labute approximate surface area is 253 Å². The number of likely N-dealkylation sites (N-methyl/N-ethyl adjacent to an activating group) is 4. The number of nitrogens with zero attached hydrogens (tertiary/aromatic N) is 3. The highest BCUT2D eigenvalue weighted by Gasteiger charge is 2.43. The maximum Gasteiger partial charge on any atom is 0.246 e. The average molecular weight is 590 g/mol. The van der Waals surface area contributed by atoms with Crippen LogP contribution in [0.25, 0.3) is 0 Å². The van der Waals surface area contributed by atoms with Gasteiger partial charge in [-0.15, -0.1) is 0 Å². The van der Waals surface area contributed by atoms with Crippen molar-refractivity contribution in [3.05, 3.63) is 35.9 Å². The summed E-state index contributed by atoms with van der Waals surface area (Å²) in [5.41, 5.74) is -0.251. The predicted octanol–water partition coefficient (Wildman–Crippen LogP) is 2.15. The minimum atomic E-state index is -1.36. The number of aliphatic hydroxyl groups is 1. The van der Waals surface area contributed by atoms with Crippen molar-refractivity contribution in [1.29, 1.82) is 0 Å². The van der Waals surface area contributed by atoms with Gasteiger partial charge in [-0.2, -0.15) is 0 Å². The molecular formula is C32H55N5O5. The standard InChI is InChI=1S/C32H55N5O5/c1-20(2)24(28(38)34-19-18-23-16-14-13-15-17-23)35(10)29(39)25(21(3)4)36(11)30(40)26(22(5)6)37(12)31(41)27(33-9)32(7,8)42/h13-17,20-22,24-27,33,42H,18-19H2,1-12H3,(H,34,38)/t24-,25-,26-,27+/m0/s1. The lowest BCUT2D eigenvalue weighted by Gasteiger charge is -2.41. The zero-order valence-electron chi connectivity index (χ0n) is 27.8. The van der Waals surface area contributed by atoms with E-state index in [0.29, 0.717) is 13.0 Å². The van der Waals surface area contributed by atoms with Gasteiger partial charge in [-0.1, -0.05) is 71.9 Å². The highest BCUT2D eigenvalue weighted by atomic mass is 16.3. The molecule has 0 saturated heterocycles. The molecule has 0 spiro atoms. The minimum Gasteiger partial charge on any atom is -0.388 e. The van der Waals surface area contributed by atoms with Crippen molar-refractivity contribution in [3.8, 4) is 0 Å². The number of carbonyl (C=O) groups is 4. The summed E-state index contributed by atoms with van der Waals surface area (Å²) in [6, 6.07) is 6.46. The van der Waals surface area contributed by atoms with Crippen LogP contribution in [0.3, 0.4) is 0 Å². The van der Waals surface area contributed by atoms with E-state index in [0.717, 1.165) is 5.56 Å². The van der Waals surface area contributed by atoms with Crippen molar-refractivity contribution in [2.24, 2.45) is 17.8 Å². The van der Waals surface area contributed by atoms with Crippen molar-refractivity contribution < 1.29 is 24.3 Å². The van der Waals surface area contributed by atoms with Crippen LogP contribution in [0.4, 0.5) is 0 Å². The largest absolute Gasteiger partial charge is 0.388 e. The molecule has 0 aliphatic heterocycles. The van der Waals surface area contributed by atoms with Crippen molar-refractivity contribution >= 4 is 23.6 Å². The summed E-state index contributed by atoms with van der Waals surface area (Å²) >= 11 is 0. The maximum atomic E-state index is 14.0. The molecule has 1 rings (SSSR count). The number of amides is 4. The molecule has 0 saturated carbocycles. The second kappa shape index (κ2) is 16.0. The first kappa shape index (κ1) is 37.0. The molecule has 4 amide bonds. The number of carbonyl (C=O) groups excluding carboxylic acids is 4. The Balaban J connectivity index is 3.20. The van der Waals surface area contributed by atoms with E-state index in [1.807, 2.05) is 71.9 Å². The van der Waals surface area contributed by atoms with Crippen LogP contribution < -0.4 is 10.6 Å². The fourth-order valence-electron chi connectivity index (χ4n) is 5.61. The Kier molecular flexibility index (Phi) is 14.1. The zero-order chi connectivity index (χ0) is 32.5. The summed E-state index contributed by atoms with van der Waals surface area (Å²) < 4.78 is 0. The molecule has 10 heteroatoms. The van der Waals surface area contributed by atoms with Gasteiger partial charge in [0.2, 0.25) is 23.6 Å². The molecule has 42 heavy (non-hydrogen) atoms. The van der Waals surface area contributed by atoms with Crippen LogP contribution in [0.15, 0.2) is 30.3 Å². The van der Waals surface area contributed by atoms with E-state index in [9.17, 15) is 24.3 Å². The highest BCUT2D eigenvalue weighted by Crippen LogP contribution is 2.22. The third-order valence-corrected chi connectivity index (χ3v) is 7.76. The second-order valence-corrected chi connectivity index (χ2v) is 12.8. The van der Waals surface area contributed by atoms with Crippen LogP contribution in [0.2, 0.25) is 0 Å². The van der Waals surface area contributed by atoms with Crippen molar-refractivity contribution in [2.75, 3.05) is 34.7 Å². The molecule has 0 aromatic heterocycles. The minimum absolute atomic E-state index is 0.169. The van der Waals surface area contributed by atoms with Crippen molar-refractivity contribution in [2.45, 2.75) is 91.6 Å². The fraction of sp³-hybridized carbons (Fsp3) is 0.688. The second-order valence-electron chi connectivity index (χ2n) is 12.8. The predicted molar refractivity (Wildman–Crippen MR) is 166 cm³/mol. The fourth-order valence-corrected chi connectivity index (χ4v) is 5.61.